The van der Waals surface area contributed by atoms with Crippen molar-refractivity contribution < 1.29 is 23.5 Å². The molecule has 7 nitrogen and oxygen atoms in total. The lowest BCUT2D eigenvalue weighted by atomic mass is 10.1. The lowest BCUT2D eigenvalue weighted by Crippen LogP contribution is -2.10. The van der Waals surface area contributed by atoms with Crippen LogP contribution in [0.1, 0.15) is 120 Å². The van der Waals surface area contributed by atoms with Crippen molar-refractivity contribution in [2.24, 2.45) is 0 Å². The van der Waals surface area contributed by atoms with Crippen molar-refractivity contribution in [3.05, 3.63) is 83.9 Å². The third-order valence-electron chi connectivity index (χ3n) is 8.36. The average molecular weight is 651 g/mol. The highest BCUT2D eigenvalue weighted by Crippen LogP contribution is 2.31. The zero-order valence-corrected chi connectivity index (χ0v) is 28.7. The van der Waals surface area contributed by atoms with Gasteiger partial charge in [0.25, 0.3) is 0 Å². The van der Waals surface area contributed by atoms with Crippen LogP contribution in [-0.4, -0.2) is 24.3 Å². The predicted octanol–water partition coefficient (Wildman–Crippen LogP) is 11.4. The molecule has 0 unspecified atom stereocenters. The Kier molecular flexibility index (Phi) is 15.6. The van der Waals surface area contributed by atoms with E-state index in [0.29, 0.717) is 53.0 Å². The summed E-state index contributed by atoms with van der Waals surface area (Å²) in [7, 11) is 0. The van der Waals surface area contributed by atoms with E-state index in [2.05, 4.69) is 25.1 Å². The normalized spacial score (nSPS) is 10.9. The molecule has 0 saturated carbocycles. The quantitative estimate of drug-likeness (QED) is 0.0474. The predicted molar refractivity (Wildman–Crippen MR) is 190 cm³/mol. The first-order valence-corrected chi connectivity index (χ1v) is 17.8. The molecule has 0 amide bonds. The summed E-state index contributed by atoms with van der Waals surface area (Å²) in [6.07, 6.45) is 16.9. The number of rotatable bonds is 22. The molecule has 0 radical (unpaired) electrons. The first-order valence-electron chi connectivity index (χ1n) is 17.8. The highest BCUT2D eigenvalue weighted by molar-refractivity contribution is 5.92. The summed E-state index contributed by atoms with van der Waals surface area (Å²) in [5.74, 6) is 1.80. The van der Waals surface area contributed by atoms with E-state index in [1.165, 1.54) is 64.2 Å². The van der Waals surface area contributed by atoms with Crippen LogP contribution in [0.2, 0.25) is 0 Å². The van der Waals surface area contributed by atoms with Gasteiger partial charge in [0, 0.05) is 17.2 Å². The Hall–Kier alpha value is -4.57. The van der Waals surface area contributed by atoms with Crippen molar-refractivity contribution in [3.63, 3.8) is 0 Å². The second-order valence-electron chi connectivity index (χ2n) is 12.3. The monoisotopic (exact) mass is 650 g/mol. The second-order valence-corrected chi connectivity index (χ2v) is 12.3. The first-order chi connectivity index (χ1) is 23.6. The molecule has 0 aliphatic heterocycles. The number of aromatic nitrogens is 1. The molecule has 3 aromatic carbocycles. The van der Waals surface area contributed by atoms with Crippen LogP contribution in [0, 0.1) is 11.3 Å². The van der Waals surface area contributed by atoms with Crippen LogP contribution in [0.15, 0.2) is 77.3 Å². The fourth-order valence-corrected chi connectivity index (χ4v) is 5.47. The van der Waals surface area contributed by atoms with Gasteiger partial charge in [-0.2, -0.15) is 5.26 Å². The van der Waals surface area contributed by atoms with Crippen LogP contribution in [-0.2, 0) is 0 Å². The van der Waals surface area contributed by atoms with Crippen molar-refractivity contribution in [3.8, 4) is 45.9 Å². The summed E-state index contributed by atoms with van der Waals surface area (Å²) < 4.78 is 23.6. The lowest BCUT2D eigenvalue weighted by molar-refractivity contribution is 0.0734. The summed E-state index contributed by atoms with van der Waals surface area (Å²) >= 11 is 0. The number of nitrogens with zero attached hydrogens (tertiary/aromatic N) is 2. The van der Waals surface area contributed by atoms with Gasteiger partial charge in [-0.05, 0) is 79.6 Å². The molecule has 4 rings (SSSR count). The molecule has 0 saturated heterocycles. The smallest absolute Gasteiger partial charge is 0.343 e. The zero-order chi connectivity index (χ0) is 33.8. The van der Waals surface area contributed by atoms with E-state index in [0.717, 1.165) is 36.8 Å². The summed E-state index contributed by atoms with van der Waals surface area (Å²) in [5.41, 5.74) is 3.29. The minimum atomic E-state index is -0.466. The maximum absolute atomic E-state index is 13.2. The van der Waals surface area contributed by atoms with Crippen LogP contribution in [0.4, 0.5) is 0 Å². The number of esters is 1. The number of hydrogen-bond acceptors (Lipinski definition) is 7. The number of ether oxygens (including phenoxy) is 3. The van der Waals surface area contributed by atoms with E-state index in [9.17, 15) is 4.79 Å². The van der Waals surface area contributed by atoms with E-state index < -0.39 is 5.97 Å². The van der Waals surface area contributed by atoms with Gasteiger partial charge in [-0.3, -0.25) is 0 Å². The molecule has 48 heavy (non-hydrogen) atoms. The average Bonchev–Trinajstić information content (AvgIpc) is 3.62. The molecule has 0 atom stereocenters. The van der Waals surface area contributed by atoms with Gasteiger partial charge < -0.3 is 18.7 Å². The van der Waals surface area contributed by atoms with E-state index in [1.54, 1.807) is 36.4 Å². The van der Waals surface area contributed by atoms with E-state index in [-0.39, 0.29) is 0 Å². The van der Waals surface area contributed by atoms with Gasteiger partial charge in [-0.1, -0.05) is 96.1 Å². The van der Waals surface area contributed by atoms with Crippen LogP contribution in [0.25, 0.3) is 22.6 Å². The highest BCUT2D eigenvalue weighted by atomic mass is 16.5. The molecule has 0 aliphatic carbocycles. The molecule has 0 N–H and O–H groups in total. The molecule has 7 heteroatoms. The van der Waals surface area contributed by atoms with Gasteiger partial charge in [0.15, 0.2) is 17.3 Å². The van der Waals surface area contributed by atoms with Gasteiger partial charge in [-0.15, -0.1) is 0 Å². The Balaban J connectivity index is 1.34. The van der Waals surface area contributed by atoms with E-state index >= 15 is 0 Å². The van der Waals surface area contributed by atoms with E-state index in [1.807, 2.05) is 36.4 Å². The van der Waals surface area contributed by atoms with Crippen molar-refractivity contribution in [1.29, 1.82) is 5.26 Å². The Morgan fingerprint density at radius 3 is 1.83 bits per heavy atom. The summed E-state index contributed by atoms with van der Waals surface area (Å²) in [4.78, 5) is 13.2. The minimum Gasteiger partial charge on any atom is -0.490 e. The van der Waals surface area contributed by atoms with Crippen molar-refractivity contribution >= 4 is 5.97 Å². The molecule has 0 aliphatic rings. The van der Waals surface area contributed by atoms with Crippen LogP contribution in [0.5, 0.6) is 17.2 Å². The Morgan fingerprint density at radius 1 is 0.667 bits per heavy atom. The van der Waals surface area contributed by atoms with E-state index in [4.69, 9.17) is 24.0 Å². The fraction of sp³-hybridized carbons (Fsp3) is 0.439. The van der Waals surface area contributed by atoms with Gasteiger partial charge in [0.2, 0.25) is 0 Å². The Labute approximate surface area is 286 Å². The minimum absolute atomic E-state index is 0.403. The number of nitriles is 1. The maximum Gasteiger partial charge on any atom is 0.343 e. The third-order valence-corrected chi connectivity index (χ3v) is 8.36. The molecule has 0 spiro atoms. The van der Waals surface area contributed by atoms with Crippen LogP contribution < -0.4 is 14.2 Å². The molecule has 1 aromatic heterocycles. The molecular formula is C41H50N2O5. The second kappa shape index (κ2) is 20.6. The topological polar surface area (TPSA) is 94.6 Å². The standard InChI is InChI=1S/C41H50N2O5/c1-3-5-7-9-11-13-15-27-45-38-26-23-35(29-40(38)46-28-16-14-12-10-8-6-4-2)41(44)47-36-24-21-33(22-25-36)37-30-39(48-43-37)34-19-17-32(31-42)18-20-34/h17-26,29-30H,3-16,27-28H2,1-2H3. The number of carbonyl (C=O) groups is 1. The van der Waals surface area contributed by atoms with Crippen molar-refractivity contribution in [2.75, 3.05) is 13.2 Å². The van der Waals surface area contributed by atoms with Gasteiger partial charge in [-0.25, -0.2) is 4.79 Å². The number of hydrogen-bond donors (Lipinski definition) is 0. The fourth-order valence-electron chi connectivity index (χ4n) is 5.47. The zero-order valence-electron chi connectivity index (χ0n) is 28.7. The molecule has 254 valence electrons. The Bertz CT molecular complexity index is 1550. The largest absolute Gasteiger partial charge is 0.490 e. The summed E-state index contributed by atoms with van der Waals surface area (Å²) in [6, 6.07) is 23.5. The number of benzene rings is 3. The van der Waals surface area contributed by atoms with Crippen LogP contribution in [0.3, 0.4) is 0 Å². The van der Waals surface area contributed by atoms with Crippen LogP contribution >= 0.6 is 0 Å². The first kappa shape index (κ1) is 36.3. The van der Waals surface area contributed by atoms with Crippen molar-refractivity contribution in [1.82, 2.24) is 5.16 Å². The molecular weight excluding hydrogens is 600 g/mol. The van der Waals surface area contributed by atoms with Gasteiger partial charge in [0.1, 0.15) is 11.4 Å². The summed E-state index contributed by atoms with van der Waals surface area (Å²) in [6.45, 7) is 5.67. The molecule has 1 heterocycles. The maximum atomic E-state index is 13.2. The molecule has 0 bridgehead atoms. The lowest BCUT2D eigenvalue weighted by Gasteiger charge is -2.14. The SMILES string of the molecule is CCCCCCCCCOc1ccc(C(=O)Oc2ccc(-c3cc(-c4ccc(C#N)cc4)on3)cc2)cc1OCCCCCCCCC. The molecule has 4 aromatic rings. The third kappa shape index (κ3) is 11.9. The highest BCUT2D eigenvalue weighted by Gasteiger charge is 2.15. The molecule has 0 fully saturated rings. The Morgan fingerprint density at radius 2 is 1.23 bits per heavy atom. The number of unbranched alkanes of at least 4 members (excludes halogenated alkanes) is 12. The number of carbonyl (C=O) groups excluding carboxylic acids is 1. The summed E-state index contributed by atoms with van der Waals surface area (Å²) in [5, 5.41) is 13.2. The van der Waals surface area contributed by atoms with Gasteiger partial charge in [0.05, 0.1) is 30.4 Å². The van der Waals surface area contributed by atoms with Gasteiger partial charge >= 0.3 is 5.97 Å². The van der Waals surface area contributed by atoms with Crippen molar-refractivity contribution in [2.45, 2.75) is 104 Å².